The van der Waals surface area contributed by atoms with Crippen LogP contribution in [0.15, 0.2) is 24.3 Å². The predicted octanol–water partition coefficient (Wildman–Crippen LogP) is 2.91. The molecule has 0 aliphatic rings. The fourth-order valence-electron chi connectivity index (χ4n) is 1.79. The maximum Gasteiger partial charge on any atom is 0.408 e. The van der Waals surface area contributed by atoms with Gasteiger partial charge in [0.15, 0.2) is 0 Å². The van der Waals surface area contributed by atoms with Crippen molar-refractivity contribution < 1.29 is 23.8 Å². The molecule has 0 bridgehead atoms. The number of nitrogens with one attached hydrogen (secondary N) is 1. The molecule has 2 N–H and O–H groups in total. The van der Waals surface area contributed by atoms with Crippen LogP contribution in [0.25, 0.3) is 0 Å². The van der Waals surface area contributed by atoms with Crippen LogP contribution in [0.1, 0.15) is 39.2 Å². The van der Waals surface area contributed by atoms with Gasteiger partial charge in [0.25, 0.3) is 0 Å². The molecule has 0 radical (unpaired) electrons. The molecule has 1 amide bonds. The molecule has 0 saturated heterocycles. The number of amides is 1. The van der Waals surface area contributed by atoms with Gasteiger partial charge in [-0.2, -0.15) is 0 Å². The van der Waals surface area contributed by atoms with Crippen molar-refractivity contribution in [3.05, 3.63) is 35.6 Å². The van der Waals surface area contributed by atoms with E-state index in [-0.39, 0.29) is 0 Å². The van der Waals surface area contributed by atoms with Gasteiger partial charge in [0.05, 0.1) is 0 Å². The molecule has 0 aliphatic carbocycles. The molecule has 0 spiro atoms. The number of halogens is 1. The van der Waals surface area contributed by atoms with Crippen molar-refractivity contribution in [2.24, 2.45) is 0 Å². The minimum atomic E-state index is -1.18. The number of ether oxygens (including phenoxy) is 1. The first-order chi connectivity index (χ1) is 9.60. The summed E-state index contributed by atoms with van der Waals surface area (Å²) in [4.78, 5) is 23.0. The Bertz CT molecular complexity index is 507. The van der Waals surface area contributed by atoms with Crippen molar-refractivity contribution in [3.8, 4) is 0 Å². The van der Waals surface area contributed by atoms with Gasteiger partial charge in [0.2, 0.25) is 0 Å². The zero-order valence-electron chi connectivity index (χ0n) is 12.5. The van der Waals surface area contributed by atoms with Crippen molar-refractivity contribution in [2.45, 2.75) is 45.3 Å². The number of carboxylic acids is 1. The highest BCUT2D eigenvalue weighted by Gasteiger charge is 2.29. The number of carbonyl (C=O) groups is 2. The minimum Gasteiger partial charge on any atom is -0.480 e. The van der Waals surface area contributed by atoms with Crippen LogP contribution in [-0.2, 0) is 9.53 Å². The van der Waals surface area contributed by atoms with Gasteiger partial charge in [-0.1, -0.05) is 19.1 Å². The maximum absolute atomic E-state index is 12.9. The van der Waals surface area contributed by atoms with Crippen LogP contribution >= 0.6 is 0 Å². The van der Waals surface area contributed by atoms with Crippen molar-refractivity contribution in [2.75, 3.05) is 0 Å². The van der Waals surface area contributed by atoms with Crippen molar-refractivity contribution >= 4 is 12.1 Å². The van der Waals surface area contributed by atoms with Crippen molar-refractivity contribution in [3.63, 3.8) is 0 Å². The first kappa shape index (κ1) is 16.9. The summed E-state index contributed by atoms with van der Waals surface area (Å²) in [6.07, 6.45) is -0.802. The molecule has 0 aromatic heterocycles. The molecule has 0 aliphatic heterocycles. The molecular weight excluding hydrogens is 277 g/mol. The molecular formula is C15H20FNO4. The average molecular weight is 297 g/mol. The van der Waals surface area contributed by atoms with Gasteiger partial charge >= 0.3 is 12.1 Å². The average Bonchev–Trinajstić information content (AvgIpc) is 2.33. The lowest BCUT2D eigenvalue weighted by Gasteiger charge is -2.25. The monoisotopic (exact) mass is 297 g/mol. The van der Waals surface area contributed by atoms with Gasteiger partial charge in [-0.3, -0.25) is 0 Å². The Balaban J connectivity index is 2.84. The number of carbonyl (C=O) groups excluding carboxylic acids is 1. The van der Waals surface area contributed by atoms with E-state index in [0.29, 0.717) is 5.56 Å². The summed E-state index contributed by atoms with van der Waals surface area (Å²) in [5, 5.41) is 11.6. The molecule has 2 atom stereocenters. The van der Waals surface area contributed by atoms with E-state index in [1.807, 2.05) is 0 Å². The van der Waals surface area contributed by atoms with Gasteiger partial charge in [-0.15, -0.1) is 0 Å². The standard InChI is InChI=1S/C15H20FNO4/c1-9(10-5-7-11(16)8-6-10)12(13(18)19)17-14(20)21-15(2,3)4/h5-9,12H,1-4H3,(H,17,20)(H,18,19)/t9?,12-/m0/s1. The molecule has 1 aromatic rings. The number of alkyl carbamates (subject to hydrolysis) is 1. The Hall–Kier alpha value is -2.11. The van der Waals surface area contributed by atoms with Crippen LogP contribution in [0, 0.1) is 5.82 Å². The lowest BCUT2D eigenvalue weighted by molar-refractivity contribution is -0.140. The van der Waals surface area contributed by atoms with E-state index in [9.17, 15) is 19.1 Å². The Morgan fingerprint density at radius 2 is 1.76 bits per heavy atom. The van der Waals surface area contributed by atoms with Crippen LogP contribution in [-0.4, -0.2) is 28.8 Å². The summed E-state index contributed by atoms with van der Waals surface area (Å²) in [6.45, 7) is 6.70. The molecule has 5 nitrogen and oxygen atoms in total. The lowest BCUT2D eigenvalue weighted by atomic mass is 9.93. The van der Waals surface area contributed by atoms with Crippen molar-refractivity contribution in [1.82, 2.24) is 5.32 Å². The fraction of sp³-hybridized carbons (Fsp3) is 0.467. The number of rotatable bonds is 4. The smallest absolute Gasteiger partial charge is 0.408 e. The third-order valence-electron chi connectivity index (χ3n) is 2.83. The Kier molecular flexibility index (Phi) is 5.29. The van der Waals surface area contributed by atoms with Crippen LogP contribution < -0.4 is 5.32 Å². The van der Waals surface area contributed by atoms with Gasteiger partial charge < -0.3 is 15.2 Å². The number of hydrogen-bond donors (Lipinski definition) is 2. The second-order valence-corrected chi connectivity index (χ2v) is 5.80. The molecule has 116 valence electrons. The normalized spacial score (nSPS) is 14.1. The van der Waals surface area contributed by atoms with Gasteiger partial charge in [0.1, 0.15) is 17.5 Å². The minimum absolute atomic E-state index is 0.405. The van der Waals surface area contributed by atoms with Crippen LogP contribution in [0.3, 0.4) is 0 Å². The summed E-state index contributed by atoms with van der Waals surface area (Å²) < 4.78 is 17.9. The second-order valence-electron chi connectivity index (χ2n) is 5.80. The fourth-order valence-corrected chi connectivity index (χ4v) is 1.79. The van der Waals surface area contributed by atoms with E-state index in [4.69, 9.17) is 4.74 Å². The molecule has 1 aromatic carbocycles. The van der Waals surface area contributed by atoms with Crippen LogP contribution in [0.2, 0.25) is 0 Å². The van der Waals surface area contributed by atoms with Crippen LogP contribution in [0.5, 0.6) is 0 Å². The SMILES string of the molecule is CC(c1ccc(F)cc1)[C@H](NC(=O)OC(C)(C)C)C(=O)O. The second kappa shape index (κ2) is 6.56. The third-order valence-corrected chi connectivity index (χ3v) is 2.83. The predicted molar refractivity (Wildman–Crippen MR) is 75.6 cm³/mol. The summed E-state index contributed by atoms with van der Waals surface area (Å²) >= 11 is 0. The van der Waals surface area contributed by atoms with E-state index >= 15 is 0 Å². The van der Waals surface area contributed by atoms with Crippen molar-refractivity contribution in [1.29, 1.82) is 0 Å². The van der Waals surface area contributed by atoms with E-state index in [0.717, 1.165) is 0 Å². The quantitative estimate of drug-likeness (QED) is 0.896. The third kappa shape index (κ3) is 5.41. The van der Waals surface area contributed by atoms with E-state index in [1.165, 1.54) is 24.3 Å². The van der Waals surface area contributed by atoms with Gasteiger partial charge in [-0.25, -0.2) is 14.0 Å². The molecule has 1 unspecified atom stereocenters. The van der Waals surface area contributed by atoms with E-state index in [1.54, 1.807) is 27.7 Å². The lowest BCUT2D eigenvalue weighted by Crippen LogP contribution is -2.46. The first-order valence-electron chi connectivity index (χ1n) is 6.58. The van der Waals surface area contributed by atoms with E-state index < -0.39 is 35.4 Å². The summed E-state index contributed by atoms with van der Waals surface area (Å²) in [5.41, 5.74) is -0.105. The number of carboxylic acid groups (broad SMARTS) is 1. The van der Waals surface area contributed by atoms with Gasteiger partial charge in [-0.05, 0) is 38.5 Å². The summed E-state index contributed by atoms with van der Waals surface area (Å²) in [6, 6.07) is 4.32. The summed E-state index contributed by atoms with van der Waals surface area (Å²) in [7, 11) is 0. The van der Waals surface area contributed by atoms with Gasteiger partial charge in [0, 0.05) is 5.92 Å². The molecule has 0 heterocycles. The largest absolute Gasteiger partial charge is 0.480 e. The number of aliphatic carboxylic acids is 1. The molecule has 0 fully saturated rings. The van der Waals surface area contributed by atoms with Crippen LogP contribution in [0.4, 0.5) is 9.18 Å². The zero-order chi connectivity index (χ0) is 16.2. The maximum atomic E-state index is 12.9. The summed E-state index contributed by atoms with van der Waals surface area (Å²) in [5.74, 6) is -2.12. The number of benzene rings is 1. The highest BCUT2D eigenvalue weighted by Crippen LogP contribution is 2.20. The molecule has 21 heavy (non-hydrogen) atoms. The molecule has 6 heteroatoms. The topological polar surface area (TPSA) is 75.6 Å². The highest BCUT2D eigenvalue weighted by molar-refractivity contribution is 5.81. The zero-order valence-corrected chi connectivity index (χ0v) is 12.5. The highest BCUT2D eigenvalue weighted by atomic mass is 19.1. The molecule has 0 saturated carbocycles. The first-order valence-corrected chi connectivity index (χ1v) is 6.58. The Labute approximate surface area is 123 Å². The molecule has 1 rings (SSSR count). The Morgan fingerprint density at radius 3 is 2.19 bits per heavy atom. The van der Waals surface area contributed by atoms with E-state index in [2.05, 4.69) is 5.32 Å². The number of hydrogen-bond acceptors (Lipinski definition) is 3. The Morgan fingerprint density at radius 1 is 1.24 bits per heavy atom.